The van der Waals surface area contributed by atoms with Crippen molar-refractivity contribution in [1.29, 1.82) is 0 Å². The third-order valence-corrected chi connectivity index (χ3v) is 9.73. The van der Waals surface area contributed by atoms with E-state index in [1.54, 1.807) is 19.1 Å². The number of nitrogens with one attached hydrogen (secondary N) is 1. The van der Waals surface area contributed by atoms with Gasteiger partial charge in [-0.2, -0.15) is 26.3 Å². The fourth-order valence-electron chi connectivity index (χ4n) is 5.35. The first kappa shape index (κ1) is 35.7. The molecule has 0 aromatic heterocycles. The van der Waals surface area contributed by atoms with Crippen LogP contribution in [0.25, 0.3) is 0 Å². The SMILES string of the molecule is C=CC[C@]1(N[S@+]([O-])C(C)(C)C)CCN(C(=O)N(C)[C@H](C)c2cc(C(F)(F)F)cc(C(F)(F)F)c2)[C@@H](c2ccc(F)cc2C)C1. The standard InChI is InChI=1S/C31H38F7N3O2S/c1-8-11-29(39-44(43)28(4,5)6)12-13-41(26(18-29)25-10-9-24(32)14-19(25)2)27(42)40(7)20(3)21-15-22(30(33,34)35)17-23(16-21)31(36,37)38/h8-10,14-17,20,26,39H,1,11-13,18H2,2-7H3/t20-,26-,29+,44-/m1/s1. The van der Waals surface area contributed by atoms with E-state index in [1.807, 2.05) is 20.8 Å². The molecule has 1 N–H and O–H groups in total. The summed E-state index contributed by atoms with van der Waals surface area (Å²) < 4.78 is 111. The van der Waals surface area contributed by atoms with E-state index in [-0.39, 0.29) is 24.6 Å². The normalized spacial score (nSPS) is 21.1. The van der Waals surface area contributed by atoms with Crippen LogP contribution in [0.3, 0.4) is 0 Å². The van der Waals surface area contributed by atoms with E-state index in [4.69, 9.17) is 0 Å². The maximum Gasteiger partial charge on any atom is 0.416 e. The first-order valence-corrected chi connectivity index (χ1v) is 15.1. The highest BCUT2D eigenvalue weighted by Gasteiger charge is 2.47. The second-order valence-corrected chi connectivity index (χ2v) is 14.3. The summed E-state index contributed by atoms with van der Waals surface area (Å²) in [4.78, 5) is 16.6. The third-order valence-electron chi connectivity index (χ3n) is 8.00. The number of rotatable bonds is 7. The van der Waals surface area contributed by atoms with Crippen molar-refractivity contribution < 1.29 is 40.1 Å². The van der Waals surface area contributed by atoms with Crippen LogP contribution >= 0.6 is 0 Å². The molecule has 44 heavy (non-hydrogen) atoms. The summed E-state index contributed by atoms with van der Waals surface area (Å²) in [5.41, 5.74) is -2.90. The molecule has 1 saturated heterocycles. The van der Waals surface area contributed by atoms with Crippen molar-refractivity contribution >= 4 is 17.4 Å². The summed E-state index contributed by atoms with van der Waals surface area (Å²) in [5.74, 6) is -0.486. The van der Waals surface area contributed by atoms with Crippen LogP contribution in [0.15, 0.2) is 49.1 Å². The molecule has 2 aromatic carbocycles. The Morgan fingerprint density at radius 3 is 2.18 bits per heavy atom. The van der Waals surface area contributed by atoms with Gasteiger partial charge in [0.25, 0.3) is 0 Å². The molecule has 0 bridgehead atoms. The molecule has 3 rings (SSSR count). The first-order valence-electron chi connectivity index (χ1n) is 14.0. The lowest BCUT2D eigenvalue weighted by molar-refractivity contribution is -0.143. The molecule has 1 fully saturated rings. The van der Waals surface area contributed by atoms with Crippen LogP contribution in [0.1, 0.15) is 86.9 Å². The van der Waals surface area contributed by atoms with E-state index < -0.39 is 69.1 Å². The van der Waals surface area contributed by atoms with Crippen LogP contribution < -0.4 is 4.72 Å². The van der Waals surface area contributed by atoms with Gasteiger partial charge in [0.15, 0.2) is 0 Å². The summed E-state index contributed by atoms with van der Waals surface area (Å²) in [6.07, 6.45) is -7.43. The summed E-state index contributed by atoms with van der Waals surface area (Å²) in [6.45, 7) is 12.4. The number of amides is 2. The summed E-state index contributed by atoms with van der Waals surface area (Å²) in [6, 6.07) is 2.89. The Labute approximate surface area is 256 Å². The Hall–Kier alpha value is -2.77. The van der Waals surface area contributed by atoms with Crippen molar-refractivity contribution in [2.75, 3.05) is 13.6 Å². The van der Waals surface area contributed by atoms with Gasteiger partial charge in [-0.3, -0.25) is 0 Å². The number of alkyl halides is 6. The largest absolute Gasteiger partial charge is 0.598 e. The number of carbonyl (C=O) groups is 1. The molecule has 13 heteroatoms. The highest BCUT2D eigenvalue weighted by atomic mass is 32.2. The number of hydrogen-bond acceptors (Lipinski definition) is 3. The molecule has 244 valence electrons. The zero-order valence-corrected chi connectivity index (χ0v) is 26.3. The van der Waals surface area contributed by atoms with Crippen LogP contribution in [0, 0.1) is 12.7 Å². The Morgan fingerprint density at radius 1 is 1.14 bits per heavy atom. The molecule has 0 spiro atoms. The molecule has 2 aromatic rings. The van der Waals surface area contributed by atoms with Crippen molar-refractivity contribution in [3.8, 4) is 0 Å². The van der Waals surface area contributed by atoms with Gasteiger partial charge in [0, 0.05) is 25.0 Å². The van der Waals surface area contributed by atoms with Gasteiger partial charge in [-0.05, 0) is 101 Å². The van der Waals surface area contributed by atoms with Crippen LogP contribution in [0.4, 0.5) is 35.5 Å². The smallest absolute Gasteiger partial charge is 0.416 e. The highest BCUT2D eigenvalue weighted by Crippen LogP contribution is 2.43. The predicted octanol–water partition coefficient (Wildman–Crippen LogP) is 8.49. The number of urea groups is 1. The molecule has 0 aliphatic carbocycles. The number of hydrogen-bond donors (Lipinski definition) is 1. The maximum atomic E-state index is 14.1. The number of carbonyl (C=O) groups excluding carboxylic acids is 1. The second kappa shape index (κ2) is 12.9. The average molecular weight is 650 g/mol. The molecule has 4 atom stereocenters. The van der Waals surface area contributed by atoms with Gasteiger partial charge in [0.1, 0.15) is 10.6 Å². The molecular weight excluding hydrogens is 611 g/mol. The van der Waals surface area contributed by atoms with Crippen LogP contribution in [-0.4, -0.2) is 44.3 Å². The van der Waals surface area contributed by atoms with E-state index >= 15 is 0 Å². The van der Waals surface area contributed by atoms with E-state index in [0.29, 0.717) is 36.1 Å². The molecule has 0 saturated carbocycles. The maximum absolute atomic E-state index is 14.1. The monoisotopic (exact) mass is 649 g/mol. The Bertz CT molecular complexity index is 1330. The zero-order chi connectivity index (χ0) is 33.4. The molecule has 1 aliphatic rings. The van der Waals surface area contributed by atoms with Crippen molar-refractivity contribution in [3.05, 3.63) is 82.7 Å². The lowest BCUT2D eigenvalue weighted by atomic mass is 9.78. The number of benzene rings is 2. The molecule has 0 radical (unpaired) electrons. The molecule has 1 heterocycles. The highest BCUT2D eigenvalue weighted by molar-refractivity contribution is 7.90. The minimum atomic E-state index is -5.04. The number of nitrogens with zero attached hydrogens (tertiary/aromatic N) is 2. The Morgan fingerprint density at radius 2 is 1.70 bits per heavy atom. The predicted molar refractivity (Wildman–Crippen MR) is 156 cm³/mol. The van der Waals surface area contributed by atoms with Crippen molar-refractivity contribution in [2.45, 2.75) is 88.6 Å². The van der Waals surface area contributed by atoms with Gasteiger partial charge in [0.2, 0.25) is 0 Å². The van der Waals surface area contributed by atoms with Crippen LogP contribution in [0.2, 0.25) is 0 Å². The summed E-state index contributed by atoms with van der Waals surface area (Å²) in [7, 11) is 1.31. The van der Waals surface area contributed by atoms with E-state index in [2.05, 4.69) is 11.3 Å². The van der Waals surface area contributed by atoms with Gasteiger partial charge in [-0.25, -0.2) is 9.18 Å². The van der Waals surface area contributed by atoms with Crippen molar-refractivity contribution in [2.24, 2.45) is 0 Å². The van der Waals surface area contributed by atoms with E-state index in [0.717, 1.165) is 4.90 Å². The van der Waals surface area contributed by atoms with Crippen LogP contribution in [-0.2, 0) is 23.7 Å². The number of halogens is 7. The summed E-state index contributed by atoms with van der Waals surface area (Å²) in [5, 5.41) is 0. The second-order valence-electron chi connectivity index (χ2n) is 12.3. The van der Waals surface area contributed by atoms with Gasteiger partial charge in [-0.1, -0.05) is 12.1 Å². The number of piperidine rings is 1. The molecule has 2 amide bonds. The lowest BCUT2D eigenvalue weighted by Crippen LogP contribution is -2.60. The number of aryl methyl sites for hydroxylation is 1. The van der Waals surface area contributed by atoms with E-state index in [9.17, 15) is 40.1 Å². The fourth-order valence-corrected chi connectivity index (χ4v) is 6.32. The minimum Gasteiger partial charge on any atom is -0.598 e. The fraction of sp³-hybridized carbons (Fsp3) is 0.516. The molecular formula is C31H38F7N3O2S. The van der Waals surface area contributed by atoms with Gasteiger partial charge >= 0.3 is 18.4 Å². The zero-order valence-electron chi connectivity index (χ0n) is 25.5. The summed E-state index contributed by atoms with van der Waals surface area (Å²) >= 11 is -1.49. The van der Waals surface area contributed by atoms with Gasteiger partial charge in [0.05, 0.1) is 28.7 Å². The first-order chi connectivity index (χ1) is 20.1. The molecule has 5 nitrogen and oxygen atoms in total. The molecule has 0 unspecified atom stereocenters. The third kappa shape index (κ3) is 8.08. The van der Waals surface area contributed by atoms with Gasteiger partial charge < -0.3 is 14.4 Å². The van der Waals surface area contributed by atoms with E-state index in [1.165, 1.54) is 31.0 Å². The molecule has 1 aliphatic heterocycles. The lowest BCUT2D eigenvalue weighted by Gasteiger charge is -2.48. The minimum absolute atomic E-state index is 0.0454. The number of likely N-dealkylation sites (tertiary alicyclic amines) is 1. The van der Waals surface area contributed by atoms with Crippen LogP contribution in [0.5, 0.6) is 0 Å². The topological polar surface area (TPSA) is 58.6 Å². The Balaban J connectivity index is 2.05. The Kier molecular flexibility index (Phi) is 10.5. The van der Waals surface area contributed by atoms with Crippen molar-refractivity contribution in [3.63, 3.8) is 0 Å². The van der Waals surface area contributed by atoms with Crippen molar-refractivity contribution in [1.82, 2.24) is 14.5 Å². The quantitative estimate of drug-likeness (QED) is 0.186. The van der Waals surface area contributed by atoms with Gasteiger partial charge in [-0.15, -0.1) is 11.3 Å². The average Bonchev–Trinajstić information content (AvgIpc) is 2.90.